The predicted octanol–water partition coefficient (Wildman–Crippen LogP) is -9.63. The van der Waals surface area contributed by atoms with Crippen molar-refractivity contribution in [3.05, 3.63) is 36.4 Å². The lowest BCUT2D eigenvalue weighted by Gasteiger charge is -2.27. The fourth-order valence-corrected chi connectivity index (χ4v) is 8.79. The summed E-state index contributed by atoms with van der Waals surface area (Å²) < 4.78 is 0. The van der Waals surface area contributed by atoms with E-state index >= 15 is 0 Å². The Kier molecular flexibility index (Phi) is 27.6. The summed E-state index contributed by atoms with van der Waals surface area (Å²) in [6, 6.07) is -12.7. The van der Waals surface area contributed by atoms with Gasteiger partial charge in [-0.2, -0.15) is 25.3 Å². The number of primary amides is 4. The quantitative estimate of drug-likeness (QED) is 0.0323. The van der Waals surface area contributed by atoms with Crippen LogP contribution < -0.4 is 65.5 Å². The minimum atomic E-state index is -1.56. The zero-order valence-electron chi connectivity index (χ0n) is 44.6. The molecule has 0 aromatic carbocycles. The molecule has 20 N–H and O–H groups in total. The molecule has 452 valence electrons. The van der Waals surface area contributed by atoms with Crippen LogP contribution in [0.3, 0.4) is 0 Å². The van der Waals surface area contributed by atoms with E-state index in [4.69, 9.17) is 22.9 Å². The maximum Gasteiger partial charge on any atom is 0.245 e. The molecule has 2 aliphatic rings. The largest absolute Gasteiger partial charge is 0.394 e. The van der Waals surface area contributed by atoms with E-state index in [0.29, 0.717) is 50.2 Å². The predicted molar refractivity (Wildman–Crippen MR) is 289 cm³/mol. The SMILES string of the molecule is CC(=O)N1CCC[C@H]1C(=O)N[C@@H](Cc1cnc[nH]1)C(=O)N[C@@H](CO)C(=O)N[C@@H](CS)C(=O)N[C@@H](CC(N)=O)C(N)=O.CC(=O)N1CCC[C@H]1C(=O)N[C@@H](Cc1cnc[nH]1)C(=O)N[C@@H](CO)C(=O)N[C@@H](CS)C(=O)N[C@@H](CC(N)=O)C(N)=O. The lowest BCUT2D eigenvalue weighted by Crippen LogP contribution is -2.60. The first-order valence-electron chi connectivity index (χ1n) is 25.3. The van der Waals surface area contributed by atoms with Crippen molar-refractivity contribution < 1.29 is 77.3 Å². The maximum atomic E-state index is 13.2. The highest BCUT2D eigenvalue weighted by Gasteiger charge is 2.38. The van der Waals surface area contributed by atoms with Crippen LogP contribution in [0.4, 0.5) is 0 Å². The second-order valence-electron chi connectivity index (χ2n) is 18.7. The van der Waals surface area contributed by atoms with Gasteiger partial charge in [0.15, 0.2) is 0 Å². The third kappa shape index (κ3) is 21.3. The van der Waals surface area contributed by atoms with Gasteiger partial charge in [-0.3, -0.25) is 67.1 Å². The first-order valence-corrected chi connectivity index (χ1v) is 26.5. The van der Waals surface area contributed by atoms with E-state index in [2.05, 4.69) is 87.7 Å². The molecule has 34 nitrogen and oxygen atoms in total. The number of carbonyl (C=O) groups excluding carboxylic acids is 14. The summed E-state index contributed by atoms with van der Waals surface area (Å²) in [5.41, 5.74) is 21.4. The van der Waals surface area contributed by atoms with Crippen LogP contribution in [-0.4, -0.2) is 221 Å². The van der Waals surface area contributed by atoms with Gasteiger partial charge >= 0.3 is 0 Å². The number of likely N-dealkylation sites (tertiary alicyclic amines) is 2. The number of nitrogens with two attached hydrogens (primary N) is 4. The van der Waals surface area contributed by atoms with Crippen molar-refractivity contribution in [3.63, 3.8) is 0 Å². The number of hydrogen-bond donors (Lipinski definition) is 18. The van der Waals surface area contributed by atoms with Crippen LogP contribution in [0.25, 0.3) is 0 Å². The fraction of sp³-hybridized carbons (Fsp3) is 0.565. The molecule has 2 aromatic heterocycles. The zero-order chi connectivity index (χ0) is 61.4. The molecule has 2 aliphatic heterocycles. The average molecular weight is 1200 g/mol. The van der Waals surface area contributed by atoms with Crippen molar-refractivity contribution in [1.82, 2.24) is 72.3 Å². The molecule has 14 amide bonds. The number of carbonyl (C=O) groups is 14. The van der Waals surface area contributed by atoms with Gasteiger partial charge in [0.05, 0.1) is 38.7 Å². The molecular weight excluding hydrogens is 1120 g/mol. The highest BCUT2D eigenvalue weighted by molar-refractivity contribution is 7.80. The Morgan fingerprint density at radius 3 is 1.09 bits per heavy atom. The minimum absolute atomic E-state index is 0.0554. The highest BCUT2D eigenvalue weighted by Crippen LogP contribution is 2.19. The summed E-state index contributed by atoms with van der Waals surface area (Å²) in [5, 5.41) is 38.5. The van der Waals surface area contributed by atoms with Crippen molar-refractivity contribution in [2.75, 3.05) is 37.8 Å². The molecule has 4 rings (SSSR count). The van der Waals surface area contributed by atoms with Crippen LogP contribution in [0.15, 0.2) is 25.0 Å². The molecule has 82 heavy (non-hydrogen) atoms. The summed E-state index contributed by atoms with van der Waals surface area (Å²) in [5.74, 6) is -11.6. The molecule has 2 aromatic rings. The van der Waals surface area contributed by atoms with E-state index in [1.807, 2.05) is 0 Å². The Morgan fingerprint density at radius 2 is 0.817 bits per heavy atom. The number of hydrogen-bond acceptors (Lipinski definition) is 20. The van der Waals surface area contributed by atoms with Gasteiger partial charge in [0.2, 0.25) is 82.7 Å². The summed E-state index contributed by atoms with van der Waals surface area (Å²) in [6.45, 7) is 1.73. The summed E-state index contributed by atoms with van der Waals surface area (Å²) >= 11 is 8.01. The second kappa shape index (κ2) is 33.4. The molecule has 0 saturated carbocycles. The standard InChI is InChI=1S/2C23H35N9O8S/c2*1-11(34)32-4-2-3-17(32)23(40)29-14(5-12-7-26-10-27-12)20(37)30-15(8-33)21(38)31-16(9-41)22(39)28-13(19(25)36)6-18(24)35/h2*7,10,13-17,33,41H,2-6,8-9H2,1H3,(H2,24,35)(H2,25,36)(H,26,27)(H,28,39)(H,29,40)(H,30,37)(H,31,38)/t2*13-,14-,15-,16-,17-/m00/s1. The molecule has 0 unspecified atom stereocenters. The van der Waals surface area contributed by atoms with E-state index in [1.54, 1.807) is 0 Å². The van der Waals surface area contributed by atoms with Crippen LogP contribution in [-0.2, 0) is 80.0 Å². The normalized spacial score (nSPS) is 17.4. The molecule has 36 heteroatoms. The number of thiol groups is 2. The van der Waals surface area contributed by atoms with E-state index in [0.717, 1.165) is 0 Å². The Bertz CT molecular complexity index is 2440. The first-order chi connectivity index (χ1) is 38.7. The third-order valence-electron chi connectivity index (χ3n) is 12.5. The summed E-state index contributed by atoms with van der Waals surface area (Å²) in [6.07, 6.45) is 6.43. The number of nitrogens with zero attached hydrogens (tertiary/aromatic N) is 4. The number of nitrogens with one attached hydrogen (secondary N) is 10. The number of H-pyrrole nitrogens is 2. The van der Waals surface area contributed by atoms with Crippen molar-refractivity contribution in [2.45, 2.75) is 126 Å². The lowest BCUT2D eigenvalue weighted by molar-refractivity contribution is -0.138. The van der Waals surface area contributed by atoms with Crippen LogP contribution in [0.1, 0.15) is 63.8 Å². The van der Waals surface area contributed by atoms with E-state index in [1.165, 1.54) is 48.7 Å². The average Bonchev–Trinajstić information content (AvgIpc) is 4.31. The van der Waals surface area contributed by atoms with Crippen LogP contribution in [0, 0.1) is 0 Å². The first kappa shape index (κ1) is 67.9. The number of imidazole rings is 2. The topological polar surface area (TPSA) is 544 Å². The van der Waals surface area contributed by atoms with Gasteiger partial charge in [0.25, 0.3) is 0 Å². The molecule has 0 aliphatic carbocycles. The molecule has 10 atom stereocenters. The monoisotopic (exact) mass is 1190 g/mol. The number of rotatable bonds is 30. The number of amides is 14. The van der Waals surface area contributed by atoms with E-state index < -0.39 is 157 Å². The molecular formula is C46H70N18O16S2. The zero-order valence-corrected chi connectivity index (χ0v) is 46.4. The minimum Gasteiger partial charge on any atom is -0.394 e. The Hall–Kier alpha value is -8.38. The van der Waals surface area contributed by atoms with Crippen molar-refractivity contribution in [3.8, 4) is 0 Å². The molecule has 0 bridgehead atoms. The van der Waals surface area contributed by atoms with Crippen molar-refractivity contribution >= 4 is 108 Å². The number of aliphatic hydroxyl groups excluding tert-OH is 2. The van der Waals surface area contributed by atoms with Gasteiger partial charge in [-0.25, -0.2) is 9.97 Å². The van der Waals surface area contributed by atoms with Crippen LogP contribution in [0.2, 0.25) is 0 Å². The van der Waals surface area contributed by atoms with Crippen LogP contribution >= 0.6 is 25.3 Å². The van der Waals surface area contributed by atoms with Gasteiger partial charge < -0.3 is 95.4 Å². The fourth-order valence-electron chi connectivity index (χ4n) is 8.28. The maximum absolute atomic E-state index is 13.2. The molecule has 4 heterocycles. The van der Waals surface area contributed by atoms with Gasteiger partial charge in [-0.15, -0.1) is 0 Å². The molecule has 0 spiro atoms. The van der Waals surface area contributed by atoms with Gasteiger partial charge in [-0.05, 0) is 25.7 Å². The molecule has 2 fully saturated rings. The highest BCUT2D eigenvalue weighted by atomic mass is 32.1. The van der Waals surface area contributed by atoms with E-state index in [-0.39, 0.29) is 36.2 Å². The number of aromatic nitrogens is 4. The smallest absolute Gasteiger partial charge is 0.245 e. The third-order valence-corrected chi connectivity index (χ3v) is 13.3. The number of aromatic amines is 2. The Labute approximate surface area is 478 Å². The van der Waals surface area contributed by atoms with Gasteiger partial charge in [0, 0.05) is 75.1 Å². The van der Waals surface area contributed by atoms with Crippen molar-refractivity contribution in [2.24, 2.45) is 22.9 Å². The molecule has 2 saturated heterocycles. The Balaban J connectivity index is 0.000000430. The van der Waals surface area contributed by atoms with Gasteiger partial charge in [-0.1, -0.05) is 0 Å². The summed E-state index contributed by atoms with van der Waals surface area (Å²) in [4.78, 5) is 189. The molecule has 0 radical (unpaired) electrons. The van der Waals surface area contributed by atoms with Crippen LogP contribution in [0.5, 0.6) is 0 Å². The lowest BCUT2D eigenvalue weighted by atomic mass is 10.1. The Morgan fingerprint density at radius 1 is 0.512 bits per heavy atom. The number of aliphatic hydroxyl groups is 2. The van der Waals surface area contributed by atoms with E-state index in [9.17, 15) is 77.3 Å². The van der Waals surface area contributed by atoms with Crippen molar-refractivity contribution in [1.29, 1.82) is 0 Å². The second-order valence-corrected chi connectivity index (χ2v) is 19.4. The summed E-state index contributed by atoms with van der Waals surface area (Å²) in [7, 11) is 0. The van der Waals surface area contributed by atoms with Gasteiger partial charge in [0.1, 0.15) is 60.4 Å².